The lowest BCUT2D eigenvalue weighted by Crippen LogP contribution is -2.41. The fourth-order valence-corrected chi connectivity index (χ4v) is 2.35. The zero-order valence-corrected chi connectivity index (χ0v) is 11.7. The molecule has 1 aliphatic rings. The summed E-state index contributed by atoms with van der Waals surface area (Å²) in [5.41, 5.74) is 0. The topological polar surface area (TPSA) is 61.4 Å². The van der Waals surface area contributed by atoms with Crippen LogP contribution in [0.25, 0.3) is 0 Å². The van der Waals surface area contributed by atoms with Gasteiger partial charge in [-0.3, -0.25) is 4.79 Å². The molecule has 4 nitrogen and oxygen atoms in total. The normalized spacial score (nSPS) is 26.4. The molecule has 0 saturated heterocycles. The van der Waals surface area contributed by atoms with Crippen LogP contribution in [0.4, 0.5) is 0 Å². The van der Waals surface area contributed by atoms with Gasteiger partial charge in [-0.05, 0) is 26.2 Å². The van der Waals surface area contributed by atoms with Gasteiger partial charge in [-0.15, -0.1) is 0 Å². The van der Waals surface area contributed by atoms with Crippen molar-refractivity contribution in [3.05, 3.63) is 0 Å². The molecule has 0 aliphatic heterocycles. The predicted molar refractivity (Wildman–Crippen MR) is 73.4 cm³/mol. The maximum atomic E-state index is 11.6. The summed E-state index contributed by atoms with van der Waals surface area (Å²) in [6.07, 6.45) is 6.62. The molecule has 1 saturated carbocycles. The number of hydrogen-bond acceptors (Lipinski definition) is 3. The largest absolute Gasteiger partial charge is 0.392 e. The van der Waals surface area contributed by atoms with E-state index in [-0.39, 0.29) is 24.1 Å². The number of rotatable bonds is 6. The minimum Gasteiger partial charge on any atom is -0.392 e. The van der Waals surface area contributed by atoms with Crippen LogP contribution in [-0.4, -0.2) is 35.7 Å². The lowest BCUT2D eigenvalue weighted by Gasteiger charge is -2.21. The lowest BCUT2D eigenvalue weighted by atomic mass is 10.1. The first-order valence-corrected chi connectivity index (χ1v) is 7.34. The number of hydrogen-bond donors (Lipinski definition) is 3. The molecule has 0 aromatic rings. The van der Waals surface area contributed by atoms with Gasteiger partial charge >= 0.3 is 0 Å². The van der Waals surface area contributed by atoms with Crippen LogP contribution in [0.3, 0.4) is 0 Å². The van der Waals surface area contributed by atoms with Crippen molar-refractivity contribution in [2.75, 3.05) is 6.54 Å². The molecule has 0 aromatic heterocycles. The van der Waals surface area contributed by atoms with Crippen LogP contribution in [0.5, 0.6) is 0 Å². The number of carbonyl (C=O) groups excluding carboxylic acids is 1. The van der Waals surface area contributed by atoms with Crippen LogP contribution in [-0.2, 0) is 4.79 Å². The van der Waals surface area contributed by atoms with Gasteiger partial charge in [0.25, 0.3) is 0 Å². The second-order valence-corrected chi connectivity index (χ2v) is 5.39. The van der Waals surface area contributed by atoms with Gasteiger partial charge in [0.1, 0.15) is 0 Å². The first kappa shape index (κ1) is 15.4. The molecule has 1 amide bonds. The van der Waals surface area contributed by atoms with Crippen molar-refractivity contribution in [2.45, 2.75) is 77.0 Å². The monoisotopic (exact) mass is 256 g/mol. The van der Waals surface area contributed by atoms with Crippen molar-refractivity contribution in [3.8, 4) is 0 Å². The van der Waals surface area contributed by atoms with Gasteiger partial charge in [-0.25, -0.2) is 0 Å². The van der Waals surface area contributed by atoms with Crippen LogP contribution in [0.1, 0.15) is 58.8 Å². The summed E-state index contributed by atoms with van der Waals surface area (Å²) in [6.45, 7) is 4.73. The van der Waals surface area contributed by atoms with Gasteiger partial charge in [0.15, 0.2) is 0 Å². The van der Waals surface area contributed by atoms with Crippen molar-refractivity contribution in [1.29, 1.82) is 0 Å². The molecule has 1 rings (SSSR count). The van der Waals surface area contributed by atoms with Gasteiger partial charge in [0.05, 0.1) is 6.10 Å². The highest BCUT2D eigenvalue weighted by Crippen LogP contribution is 2.17. The van der Waals surface area contributed by atoms with E-state index in [2.05, 4.69) is 17.6 Å². The van der Waals surface area contributed by atoms with Crippen LogP contribution in [0, 0.1) is 0 Å². The van der Waals surface area contributed by atoms with Gasteiger partial charge in [-0.1, -0.05) is 26.2 Å². The van der Waals surface area contributed by atoms with E-state index in [1.165, 1.54) is 12.8 Å². The number of aliphatic hydroxyl groups is 1. The first-order valence-electron chi connectivity index (χ1n) is 7.34. The number of amides is 1. The predicted octanol–water partition coefficient (Wildman–Crippen LogP) is 1.57. The minimum atomic E-state index is -0.245. The first-order chi connectivity index (χ1) is 8.63. The molecule has 1 aliphatic carbocycles. The van der Waals surface area contributed by atoms with Crippen molar-refractivity contribution >= 4 is 5.91 Å². The third kappa shape index (κ3) is 5.83. The van der Waals surface area contributed by atoms with E-state index in [9.17, 15) is 9.90 Å². The molecule has 1 fully saturated rings. The SMILES string of the molecule is CCC(C)NC(=O)CCNC1CCCCCC1O. The van der Waals surface area contributed by atoms with Gasteiger partial charge in [0.2, 0.25) is 5.91 Å². The number of aliphatic hydroxyl groups excluding tert-OH is 1. The Balaban J connectivity index is 2.17. The van der Waals surface area contributed by atoms with E-state index in [1.807, 2.05) is 6.92 Å². The van der Waals surface area contributed by atoms with E-state index in [4.69, 9.17) is 0 Å². The van der Waals surface area contributed by atoms with Crippen LogP contribution in [0.15, 0.2) is 0 Å². The Bertz CT molecular complexity index is 246. The maximum Gasteiger partial charge on any atom is 0.221 e. The van der Waals surface area contributed by atoms with Crippen molar-refractivity contribution in [1.82, 2.24) is 10.6 Å². The Morgan fingerprint density at radius 1 is 1.33 bits per heavy atom. The summed E-state index contributed by atoms with van der Waals surface area (Å²) in [7, 11) is 0. The summed E-state index contributed by atoms with van der Waals surface area (Å²) in [5.74, 6) is 0.0972. The highest BCUT2D eigenvalue weighted by Gasteiger charge is 2.20. The quantitative estimate of drug-likeness (QED) is 0.632. The average Bonchev–Trinajstić information content (AvgIpc) is 2.54. The molecule has 0 heterocycles. The zero-order chi connectivity index (χ0) is 13.4. The molecule has 3 unspecified atom stereocenters. The molecule has 106 valence electrons. The Kier molecular flexibility index (Phi) is 7.28. The summed E-state index contributed by atoms with van der Waals surface area (Å²) >= 11 is 0. The molecule has 3 atom stereocenters. The smallest absolute Gasteiger partial charge is 0.221 e. The summed E-state index contributed by atoms with van der Waals surface area (Å²) in [5, 5.41) is 16.2. The number of nitrogens with one attached hydrogen (secondary N) is 2. The number of carbonyl (C=O) groups is 1. The highest BCUT2D eigenvalue weighted by atomic mass is 16.3. The third-order valence-corrected chi connectivity index (χ3v) is 3.76. The molecule has 18 heavy (non-hydrogen) atoms. The average molecular weight is 256 g/mol. The third-order valence-electron chi connectivity index (χ3n) is 3.76. The van der Waals surface area contributed by atoms with E-state index in [0.29, 0.717) is 13.0 Å². The molecule has 0 spiro atoms. The fourth-order valence-electron chi connectivity index (χ4n) is 2.35. The van der Waals surface area contributed by atoms with Crippen LogP contribution in [0.2, 0.25) is 0 Å². The molecule has 4 heteroatoms. The second kappa shape index (κ2) is 8.48. The summed E-state index contributed by atoms with van der Waals surface area (Å²) in [4.78, 5) is 11.6. The highest BCUT2D eigenvalue weighted by molar-refractivity contribution is 5.76. The molecule has 3 N–H and O–H groups in total. The van der Waals surface area contributed by atoms with E-state index >= 15 is 0 Å². The fraction of sp³-hybridized carbons (Fsp3) is 0.929. The second-order valence-electron chi connectivity index (χ2n) is 5.39. The molecule has 0 radical (unpaired) electrons. The Labute approximate surface area is 111 Å². The summed E-state index contributed by atoms with van der Waals surface area (Å²) < 4.78 is 0. The Morgan fingerprint density at radius 3 is 2.78 bits per heavy atom. The van der Waals surface area contributed by atoms with Crippen molar-refractivity contribution < 1.29 is 9.90 Å². The van der Waals surface area contributed by atoms with E-state index < -0.39 is 0 Å². The van der Waals surface area contributed by atoms with Crippen molar-refractivity contribution in [3.63, 3.8) is 0 Å². The minimum absolute atomic E-state index is 0.0972. The standard InChI is InChI=1S/C14H28N2O2/c1-3-11(2)16-14(18)9-10-15-12-7-5-4-6-8-13(12)17/h11-13,15,17H,3-10H2,1-2H3,(H,16,18). The van der Waals surface area contributed by atoms with Crippen LogP contribution < -0.4 is 10.6 Å². The van der Waals surface area contributed by atoms with Crippen molar-refractivity contribution in [2.24, 2.45) is 0 Å². The van der Waals surface area contributed by atoms with Crippen LogP contribution >= 0.6 is 0 Å². The van der Waals surface area contributed by atoms with E-state index in [1.54, 1.807) is 0 Å². The van der Waals surface area contributed by atoms with Gasteiger partial charge in [-0.2, -0.15) is 0 Å². The molecular weight excluding hydrogens is 228 g/mol. The zero-order valence-electron chi connectivity index (χ0n) is 11.7. The Morgan fingerprint density at radius 2 is 2.06 bits per heavy atom. The van der Waals surface area contributed by atoms with Gasteiger partial charge < -0.3 is 15.7 Å². The lowest BCUT2D eigenvalue weighted by molar-refractivity contribution is -0.121. The molecule has 0 aromatic carbocycles. The Hall–Kier alpha value is -0.610. The summed E-state index contributed by atoms with van der Waals surface area (Å²) in [6, 6.07) is 0.421. The van der Waals surface area contributed by atoms with Gasteiger partial charge in [0, 0.05) is 25.0 Å². The maximum absolute atomic E-state index is 11.6. The molecule has 0 bridgehead atoms. The molecular formula is C14H28N2O2. The van der Waals surface area contributed by atoms with E-state index in [0.717, 1.165) is 25.7 Å².